The Kier molecular flexibility index (Phi) is 3.87. The minimum Gasteiger partial charge on any atom is -0.393 e. The first-order valence-electron chi connectivity index (χ1n) is 5.16. The molecule has 0 saturated heterocycles. The maximum Gasteiger partial charge on any atom is 0.137 e. The Balaban J connectivity index is 2.39. The summed E-state index contributed by atoms with van der Waals surface area (Å²) >= 11 is 11.9. The molecule has 0 amide bonds. The van der Waals surface area contributed by atoms with Crippen LogP contribution in [0.2, 0.25) is 10.0 Å². The Morgan fingerprint density at radius 2 is 2.11 bits per heavy atom. The van der Waals surface area contributed by atoms with Crippen molar-refractivity contribution in [3.8, 4) is 0 Å². The predicted molar refractivity (Wildman–Crippen MR) is 67.5 cm³/mol. The van der Waals surface area contributed by atoms with E-state index >= 15 is 0 Å². The lowest BCUT2D eigenvalue weighted by molar-refractivity contribution is -0.0356. The lowest BCUT2D eigenvalue weighted by Gasteiger charge is -2.27. The molecule has 1 unspecified atom stereocenters. The van der Waals surface area contributed by atoms with E-state index in [1.807, 2.05) is 0 Å². The molecular formula is C11H11Cl2N3O2. The van der Waals surface area contributed by atoms with Gasteiger partial charge in [0.1, 0.15) is 18.3 Å². The number of hydrogen-bond acceptors (Lipinski definition) is 4. The van der Waals surface area contributed by atoms with E-state index in [1.165, 1.54) is 23.4 Å². The first kappa shape index (κ1) is 13.3. The molecule has 0 aliphatic carbocycles. The van der Waals surface area contributed by atoms with Gasteiger partial charge in [-0.15, -0.1) is 0 Å². The summed E-state index contributed by atoms with van der Waals surface area (Å²) < 4.78 is 1.41. The summed E-state index contributed by atoms with van der Waals surface area (Å²) in [7, 11) is 0. The summed E-state index contributed by atoms with van der Waals surface area (Å²) in [5.74, 6) is 0. The fraction of sp³-hybridized carbons (Fsp3) is 0.273. The Morgan fingerprint density at radius 3 is 2.72 bits per heavy atom. The maximum atomic E-state index is 10.5. The van der Waals surface area contributed by atoms with Crippen LogP contribution in [0.25, 0.3) is 0 Å². The van der Waals surface area contributed by atoms with Crippen LogP contribution in [0.5, 0.6) is 0 Å². The Hall–Kier alpha value is -1.14. The molecule has 18 heavy (non-hydrogen) atoms. The van der Waals surface area contributed by atoms with Crippen LogP contribution in [0.1, 0.15) is 5.56 Å². The van der Waals surface area contributed by atoms with Crippen LogP contribution in [-0.2, 0) is 12.1 Å². The van der Waals surface area contributed by atoms with Crippen LogP contribution < -0.4 is 0 Å². The standard InChI is InChI=1S/C11H11Cl2N3O2/c12-8-1-2-10(13)9(3-8)11(18,5-17)4-16-7-14-6-15-16/h1-3,6-7,17-18H,4-5H2. The van der Waals surface area contributed by atoms with E-state index in [-0.39, 0.29) is 6.54 Å². The number of nitrogens with zero attached hydrogens (tertiary/aromatic N) is 3. The fourth-order valence-corrected chi connectivity index (χ4v) is 2.12. The number of hydrogen-bond donors (Lipinski definition) is 2. The largest absolute Gasteiger partial charge is 0.393 e. The number of aromatic nitrogens is 3. The summed E-state index contributed by atoms with van der Waals surface area (Å²) in [4.78, 5) is 3.77. The van der Waals surface area contributed by atoms with Crippen LogP contribution >= 0.6 is 23.2 Å². The summed E-state index contributed by atoms with van der Waals surface area (Å²) in [6, 6.07) is 4.71. The highest BCUT2D eigenvalue weighted by molar-refractivity contribution is 6.33. The van der Waals surface area contributed by atoms with E-state index in [2.05, 4.69) is 10.1 Å². The normalized spacial score (nSPS) is 14.4. The molecule has 0 aliphatic rings. The van der Waals surface area contributed by atoms with E-state index in [4.69, 9.17) is 23.2 Å². The molecule has 1 aromatic carbocycles. The zero-order chi connectivity index (χ0) is 13.2. The lowest BCUT2D eigenvalue weighted by atomic mass is 9.94. The highest BCUT2D eigenvalue weighted by atomic mass is 35.5. The van der Waals surface area contributed by atoms with Gasteiger partial charge >= 0.3 is 0 Å². The van der Waals surface area contributed by atoms with Crippen LogP contribution in [-0.4, -0.2) is 31.6 Å². The number of rotatable bonds is 4. The maximum absolute atomic E-state index is 10.5. The van der Waals surface area contributed by atoms with Crippen LogP contribution in [0.4, 0.5) is 0 Å². The van der Waals surface area contributed by atoms with Crippen LogP contribution in [0, 0.1) is 0 Å². The molecule has 2 aromatic rings. The molecule has 0 aliphatic heterocycles. The highest BCUT2D eigenvalue weighted by Gasteiger charge is 2.32. The molecule has 0 spiro atoms. The third-order valence-corrected chi connectivity index (χ3v) is 3.15. The van der Waals surface area contributed by atoms with Crippen LogP contribution in [0.3, 0.4) is 0 Å². The third-order valence-electron chi connectivity index (χ3n) is 2.58. The molecule has 1 aromatic heterocycles. The molecule has 0 saturated carbocycles. The lowest BCUT2D eigenvalue weighted by Crippen LogP contribution is -2.36. The Morgan fingerprint density at radius 1 is 1.33 bits per heavy atom. The van der Waals surface area contributed by atoms with Crippen LogP contribution in [0.15, 0.2) is 30.9 Å². The van der Waals surface area contributed by atoms with Crippen molar-refractivity contribution < 1.29 is 10.2 Å². The average Bonchev–Trinajstić information content (AvgIpc) is 2.84. The summed E-state index contributed by atoms with van der Waals surface area (Å²) in [5, 5.41) is 24.6. The van der Waals surface area contributed by atoms with E-state index in [9.17, 15) is 10.2 Å². The number of aliphatic hydroxyl groups excluding tert-OH is 1. The van der Waals surface area contributed by atoms with Crippen molar-refractivity contribution in [3.63, 3.8) is 0 Å². The number of halogens is 2. The minimum absolute atomic E-state index is 0.0313. The Bertz CT molecular complexity index is 533. The van der Waals surface area contributed by atoms with Gasteiger partial charge in [0.05, 0.1) is 13.2 Å². The van der Waals surface area contributed by atoms with E-state index in [1.54, 1.807) is 12.1 Å². The van der Waals surface area contributed by atoms with Gasteiger partial charge in [0, 0.05) is 15.6 Å². The van der Waals surface area contributed by atoms with Gasteiger partial charge in [0.2, 0.25) is 0 Å². The van der Waals surface area contributed by atoms with Crippen molar-refractivity contribution in [2.75, 3.05) is 6.61 Å². The van der Waals surface area contributed by atoms with Crippen molar-refractivity contribution in [1.29, 1.82) is 0 Å². The van der Waals surface area contributed by atoms with Crippen molar-refractivity contribution in [2.45, 2.75) is 12.1 Å². The molecule has 96 valence electrons. The quantitative estimate of drug-likeness (QED) is 0.893. The van der Waals surface area contributed by atoms with Gasteiger partial charge in [-0.3, -0.25) is 0 Å². The predicted octanol–water partition coefficient (Wildman–Crippen LogP) is 1.46. The topological polar surface area (TPSA) is 71.2 Å². The third kappa shape index (κ3) is 2.64. The molecule has 2 N–H and O–H groups in total. The molecule has 5 nitrogen and oxygen atoms in total. The van der Waals surface area contributed by atoms with E-state index in [0.717, 1.165) is 0 Å². The zero-order valence-electron chi connectivity index (χ0n) is 9.29. The second-order valence-electron chi connectivity index (χ2n) is 3.91. The Labute approximate surface area is 114 Å². The number of benzene rings is 1. The number of aliphatic hydroxyl groups is 2. The van der Waals surface area contributed by atoms with Gasteiger partial charge in [0.15, 0.2) is 0 Å². The van der Waals surface area contributed by atoms with Gasteiger partial charge in [-0.05, 0) is 18.2 Å². The van der Waals surface area contributed by atoms with Gasteiger partial charge in [-0.2, -0.15) is 5.10 Å². The van der Waals surface area contributed by atoms with Gasteiger partial charge < -0.3 is 10.2 Å². The summed E-state index contributed by atoms with van der Waals surface area (Å²) in [6.45, 7) is -0.476. The van der Waals surface area contributed by atoms with Gasteiger partial charge in [0.25, 0.3) is 0 Å². The highest BCUT2D eigenvalue weighted by Crippen LogP contribution is 2.31. The molecule has 0 radical (unpaired) electrons. The average molecular weight is 288 g/mol. The SMILES string of the molecule is OCC(O)(Cn1cncn1)c1cc(Cl)ccc1Cl. The van der Waals surface area contributed by atoms with E-state index in [0.29, 0.717) is 15.6 Å². The first-order chi connectivity index (χ1) is 8.55. The summed E-state index contributed by atoms with van der Waals surface area (Å²) in [6.07, 6.45) is 2.79. The molecule has 1 atom stereocenters. The second kappa shape index (κ2) is 5.24. The van der Waals surface area contributed by atoms with Crippen molar-refractivity contribution >= 4 is 23.2 Å². The van der Waals surface area contributed by atoms with Crippen molar-refractivity contribution in [2.24, 2.45) is 0 Å². The summed E-state index contributed by atoms with van der Waals surface area (Å²) in [5.41, 5.74) is -1.20. The molecular weight excluding hydrogens is 277 g/mol. The van der Waals surface area contributed by atoms with Gasteiger partial charge in [-0.25, -0.2) is 9.67 Å². The van der Waals surface area contributed by atoms with Crippen molar-refractivity contribution in [3.05, 3.63) is 46.5 Å². The smallest absolute Gasteiger partial charge is 0.137 e. The first-order valence-corrected chi connectivity index (χ1v) is 5.92. The monoisotopic (exact) mass is 287 g/mol. The minimum atomic E-state index is -1.56. The fourth-order valence-electron chi connectivity index (χ4n) is 1.66. The van der Waals surface area contributed by atoms with Gasteiger partial charge in [-0.1, -0.05) is 23.2 Å². The second-order valence-corrected chi connectivity index (χ2v) is 4.75. The van der Waals surface area contributed by atoms with Crippen molar-refractivity contribution in [1.82, 2.24) is 14.8 Å². The molecule has 0 bridgehead atoms. The molecule has 0 fully saturated rings. The molecule has 7 heteroatoms. The molecule has 2 rings (SSSR count). The molecule has 1 heterocycles. The van der Waals surface area contributed by atoms with E-state index < -0.39 is 12.2 Å². The zero-order valence-corrected chi connectivity index (χ0v) is 10.8.